The minimum atomic E-state index is -0.270. The molecule has 0 amide bonds. The average Bonchev–Trinajstić information content (AvgIpc) is 2.17. The molecule has 0 aliphatic heterocycles. The van der Waals surface area contributed by atoms with Gasteiger partial charge in [-0.15, -0.1) is 4.99 Å². The van der Waals surface area contributed by atoms with E-state index in [2.05, 4.69) is 5.48 Å². The van der Waals surface area contributed by atoms with Gasteiger partial charge in [0.15, 0.2) is 0 Å². The standard InChI is InChI=1S/C12H25NO3/c1-12(2,3)15-16-13-11-7-5-6-10(8-11)9-14-4/h10-11,13H,5-9H2,1-4H3. The van der Waals surface area contributed by atoms with Crippen molar-refractivity contribution in [2.45, 2.75) is 58.1 Å². The summed E-state index contributed by atoms with van der Waals surface area (Å²) < 4.78 is 5.19. The van der Waals surface area contributed by atoms with Crippen LogP contribution in [0.3, 0.4) is 0 Å². The average molecular weight is 231 g/mol. The molecule has 0 aromatic carbocycles. The second kappa shape index (κ2) is 6.55. The highest BCUT2D eigenvalue weighted by atomic mass is 17.3. The first kappa shape index (κ1) is 13.9. The Bertz CT molecular complexity index is 189. The lowest BCUT2D eigenvalue weighted by Gasteiger charge is -2.29. The Hall–Kier alpha value is -0.160. The van der Waals surface area contributed by atoms with Crippen molar-refractivity contribution in [1.82, 2.24) is 5.48 Å². The highest BCUT2D eigenvalue weighted by molar-refractivity contribution is 4.75. The summed E-state index contributed by atoms with van der Waals surface area (Å²) in [6.07, 6.45) is 4.73. The van der Waals surface area contributed by atoms with E-state index in [1.165, 1.54) is 12.8 Å². The topological polar surface area (TPSA) is 39.7 Å². The molecule has 0 saturated heterocycles. The Morgan fingerprint density at radius 1 is 1.25 bits per heavy atom. The van der Waals surface area contributed by atoms with Gasteiger partial charge in [0.25, 0.3) is 0 Å². The third-order valence-corrected chi connectivity index (χ3v) is 2.69. The third kappa shape index (κ3) is 5.80. The van der Waals surface area contributed by atoms with Gasteiger partial charge in [-0.05, 0) is 46.0 Å². The lowest BCUT2D eigenvalue weighted by Crippen LogP contribution is -2.37. The predicted octanol–water partition coefficient (Wildman–Crippen LogP) is 2.44. The van der Waals surface area contributed by atoms with Gasteiger partial charge in [0.2, 0.25) is 0 Å². The number of hydrogen-bond donors (Lipinski definition) is 1. The van der Waals surface area contributed by atoms with Crippen LogP contribution < -0.4 is 5.48 Å². The minimum absolute atomic E-state index is 0.270. The number of nitrogens with one attached hydrogen (secondary N) is 1. The van der Waals surface area contributed by atoms with Gasteiger partial charge in [-0.3, -0.25) is 0 Å². The summed E-state index contributed by atoms with van der Waals surface area (Å²) in [6, 6.07) is 0.385. The summed E-state index contributed by atoms with van der Waals surface area (Å²) in [6.45, 7) is 6.73. The fraction of sp³-hybridized carbons (Fsp3) is 1.00. The summed E-state index contributed by atoms with van der Waals surface area (Å²) in [5, 5.41) is 0. The molecule has 0 aromatic rings. The van der Waals surface area contributed by atoms with Gasteiger partial charge >= 0.3 is 0 Å². The summed E-state index contributed by atoms with van der Waals surface area (Å²) in [7, 11) is 1.76. The maximum Gasteiger partial charge on any atom is 0.0972 e. The number of ether oxygens (including phenoxy) is 1. The molecule has 0 bridgehead atoms. The Kier molecular flexibility index (Phi) is 5.69. The smallest absolute Gasteiger partial charge is 0.0972 e. The second-order valence-corrected chi connectivity index (χ2v) is 5.58. The van der Waals surface area contributed by atoms with Crippen molar-refractivity contribution in [2.24, 2.45) is 5.92 Å². The van der Waals surface area contributed by atoms with E-state index in [0.29, 0.717) is 12.0 Å². The molecule has 1 N–H and O–H groups in total. The van der Waals surface area contributed by atoms with Gasteiger partial charge in [0.1, 0.15) is 0 Å². The summed E-state index contributed by atoms with van der Waals surface area (Å²) >= 11 is 0. The lowest BCUT2D eigenvalue weighted by molar-refractivity contribution is -0.389. The van der Waals surface area contributed by atoms with Crippen molar-refractivity contribution in [3.05, 3.63) is 0 Å². The maximum atomic E-state index is 5.19. The molecule has 1 fully saturated rings. The zero-order chi connectivity index (χ0) is 12.0. The van der Waals surface area contributed by atoms with Gasteiger partial charge in [-0.2, -0.15) is 5.48 Å². The molecule has 16 heavy (non-hydrogen) atoms. The zero-order valence-electron chi connectivity index (χ0n) is 10.9. The molecule has 1 aliphatic rings. The van der Waals surface area contributed by atoms with Crippen LogP contribution >= 0.6 is 0 Å². The molecule has 0 heterocycles. The van der Waals surface area contributed by atoms with Gasteiger partial charge < -0.3 is 4.74 Å². The van der Waals surface area contributed by atoms with Crippen LogP contribution in [0.25, 0.3) is 0 Å². The van der Waals surface area contributed by atoms with E-state index in [9.17, 15) is 0 Å². The third-order valence-electron chi connectivity index (χ3n) is 2.69. The molecule has 96 valence electrons. The number of methoxy groups -OCH3 is 1. The molecule has 1 rings (SSSR count). The Balaban J connectivity index is 2.16. The fourth-order valence-corrected chi connectivity index (χ4v) is 2.00. The van der Waals surface area contributed by atoms with E-state index in [0.717, 1.165) is 19.4 Å². The highest BCUT2D eigenvalue weighted by Crippen LogP contribution is 2.24. The molecule has 1 aliphatic carbocycles. The van der Waals surface area contributed by atoms with Crippen LogP contribution in [0, 0.1) is 5.92 Å². The highest BCUT2D eigenvalue weighted by Gasteiger charge is 2.22. The van der Waals surface area contributed by atoms with E-state index in [1.807, 2.05) is 20.8 Å². The Labute approximate surface area is 98.5 Å². The summed E-state index contributed by atoms with van der Waals surface area (Å²) in [4.78, 5) is 10.3. The number of hydroxylamine groups is 1. The first-order valence-electron chi connectivity index (χ1n) is 6.10. The SMILES string of the molecule is COCC1CCCC(NOOC(C)(C)C)C1. The van der Waals surface area contributed by atoms with E-state index >= 15 is 0 Å². The first-order valence-corrected chi connectivity index (χ1v) is 6.10. The zero-order valence-corrected chi connectivity index (χ0v) is 10.9. The monoisotopic (exact) mass is 231 g/mol. The van der Waals surface area contributed by atoms with Gasteiger partial charge in [0, 0.05) is 19.8 Å². The molecule has 2 atom stereocenters. The lowest BCUT2D eigenvalue weighted by atomic mass is 9.87. The van der Waals surface area contributed by atoms with E-state index in [1.54, 1.807) is 7.11 Å². The predicted molar refractivity (Wildman–Crippen MR) is 62.7 cm³/mol. The van der Waals surface area contributed by atoms with Gasteiger partial charge in [0.05, 0.1) is 5.60 Å². The second-order valence-electron chi connectivity index (χ2n) is 5.58. The van der Waals surface area contributed by atoms with E-state index in [4.69, 9.17) is 14.6 Å². The van der Waals surface area contributed by atoms with E-state index in [-0.39, 0.29) is 5.60 Å². The molecular formula is C12H25NO3. The quantitative estimate of drug-likeness (QED) is 0.583. The summed E-state index contributed by atoms with van der Waals surface area (Å²) in [5.74, 6) is 0.648. The van der Waals surface area contributed by atoms with Crippen LogP contribution in [0.1, 0.15) is 46.5 Å². The molecule has 0 aromatic heterocycles. The van der Waals surface area contributed by atoms with Crippen molar-refractivity contribution in [3.8, 4) is 0 Å². The van der Waals surface area contributed by atoms with Crippen LogP contribution in [-0.4, -0.2) is 25.4 Å². The minimum Gasteiger partial charge on any atom is -0.384 e. The summed E-state index contributed by atoms with van der Waals surface area (Å²) in [5.41, 5.74) is 2.72. The normalized spacial score (nSPS) is 27.0. The largest absolute Gasteiger partial charge is 0.384 e. The van der Waals surface area contributed by atoms with Crippen LogP contribution in [0.15, 0.2) is 0 Å². The van der Waals surface area contributed by atoms with Crippen molar-refractivity contribution >= 4 is 0 Å². The maximum absolute atomic E-state index is 5.19. The molecule has 4 nitrogen and oxygen atoms in total. The van der Waals surface area contributed by atoms with Crippen molar-refractivity contribution in [1.29, 1.82) is 0 Å². The van der Waals surface area contributed by atoms with Crippen LogP contribution in [0.4, 0.5) is 0 Å². The Morgan fingerprint density at radius 3 is 2.62 bits per heavy atom. The van der Waals surface area contributed by atoms with Gasteiger partial charge in [-0.25, -0.2) is 4.89 Å². The molecule has 0 radical (unpaired) electrons. The first-order chi connectivity index (χ1) is 7.51. The van der Waals surface area contributed by atoms with Crippen LogP contribution in [0.5, 0.6) is 0 Å². The molecule has 1 saturated carbocycles. The van der Waals surface area contributed by atoms with Crippen molar-refractivity contribution in [2.75, 3.05) is 13.7 Å². The van der Waals surface area contributed by atoms with Crippen molar-refractivity contribution in [3.63, 3.8) is 0 Å². The number of rotatable bonds is 5. The van der Waals surface area contributed by atoms with E-state index < -0.39 is 0 Å². The molecule has 0 spiro atoms. The van der Waals surface area contributed by atoms with Gasteiger partial charge in [-0.1, -0.05) is 6.42 Å². The van der Waals surface area contributed by atoms with Crippen LogP contribution in [0.2, 0.25) is 0 Å². The Morgan fingerprint density at radius 2 is 2.00 bits per heavy atom. The van der Waals surface area contributed by atoms with Crippen LogP contribution in [-0.2, 0) is 14.6 Å². The molecular weight excluding hydrogens is 206 g/mol. The van der Waals surface area contributed by atoms with Crippen molar-refractivity contribution < 1.29 is 14.6 Å². The number of hydrogen-bond acceptors (Lipinski definition) is 4. The molecule has 2 unspecified atom stereocenters. The fourth-order valence-electron chi connectivity index (χ4n) is 2.00. The molecule has 4 heteroatoms.